The quantitative estimate of drug-likeness (QED) is 0.0275. The summed E-state index contributed by atoms with van der Waals surface area (Å²) in [5.74, 6) is -0.362. The molecule has 1 aliphatic heterocycles. The number of allylic oxidation sites excluding steroid dienone is 3. The lowest BCUT2D eigenvalue weighted by Gasteiger charge is -2.40. The van der Waals surface area contributed by atoms with E-state index < -0.39 is 49.5 Å². The van der Waals surface area contributed by atoms with Crippen molar-refractivity contribution in [3.63, 3.8) is 0 Å². The molecule has 1 amide bonds. The van der Waals surface area contributed by atoms with Gasteiger partial charge in [-0.05, 0) is 25.7 Å². The van der Waals surface area contributed by atoms with E-state index in [1.807, 2.05) is 6.08 Å². The topological polar surface area (TPSA) is 149 Å². The molecule has 0 aliphatic carbocycles. The first kappa shape index (κ1) is 49.7. The number of hydrogen-bond donors (Lipinski definition) is 6. The van der Waals surface area contributed by atoms with Gasteiger partial charge in [0.1, 0.15) is 24.4 Å². The van der Waals surface area contributed by atoms with Crippen molar-refractivity contribution >= 4 is 5.91 Å². The van der Waals surface area contributed by atoms with Crippen LogP contribution >= 0.6 is 0 Å². The average Bonchev–Trinajstić information content (AvgIpc) is 3.15. The highest BCUT2D eigenvalue weighted by Gasteiger charge is 2.44. The van der Waals surface area contributed by atoms with Crippen molar-refractivity contribution in [1.29, 1.82) is 0 Å². The van der Waals surface area contributed by atoms with Crippen LogP contribution in [0.3, 0.4) is 0 Å². The highest BCUT2D eigenvalue weighted by atomic mass is 16.7. The summed E-state index contributed by atoms with van der Waals surface area (Å²) < 4.78 is 10.9. The molecule has 1 rings (SSSR count). The van der Waals surface area contributed by atoms with Crippen molar-refractivity contribution in [3.8, 4) is 0 Å². The molecule has 0 bridgehead atoms. The maximum absolute atomic E-state index is 11.7. The van der Waals surface area contributed by atoms with Crippen LogP contribution in [-0.4, -0.2) is 87.5 Å². The third-order valence-electron chi connectivity index (χ3n) is 10.6. The van der Waals surface area contributed by atoms with Gasteiger partial charge in [-0.15, -0.1) is 0 Å². The molecule has 1 heterocycles. The van der Waals surface area contributed by atoms with E-state index in [0.29, 0.717) is 0 Å². The molecule has 0 spiro atoms. The van der Waals surface area contributed by atoms with Crippen LogP contribution in [0.25, 0.3) is 0 Å². The van der Waals surface area contributed by atoms with Crippen molar-refractivity contribution in [3.05, 3.63) is 24.3 Å². The lowest BCUT2D eigenvalue weighted by atomic mass is 9.99. The zero-order chi connectivity index (χ0) is 38.8. The number of aliphatic hydroxyl groups is 5. The number of amides is 1. The first-order chi connectivity index (χ1) is 25.8. The molecule has 7 unspecified atom stereocenters. The van der Waals surface area contributed by atoms with Crippen LogP contribution < -0.4 is 5.32 Å². The molecule has 9 nitrogen and oxygen atoms in total. The van der Waals surface area contributed by atoms with Crippen molar-refractivity contribution in [2.75, 3.05) is 13.2 Å². The molecule has 0 aromatic rings. The SMILES string of the molecule is CCCCCCCCCCCCCCCCCCCCCCCCCCC/C=C/CC/C=C/C(O)C(COC1OC(CO)C(O)C(O)C1O)NC(C)=O. The number of rotatable bonds is 36. The summed E-state index contributed by atoms with van der Waals surface area (Å²) in [6, 6.07) is -0.819. The monoisotopic (exact) mass is 754 g/mol. The average molecular weight is 754 g/mol. The fraction of sp³-hybridized carbons (Fsp3) is 0.886. The van der Waals surface area contributed by atoms with Crippen molar-refractivity contribution in [2.45, 2.75) is 236 Å². The van der Waals surface area contributed by atoms with Crippen molar-refractivity contribution in [1.82, 2.24) is 5.32 Å². The lowest BCUT2D eigenvalue weighted by molar-refractivity contribution is -0.302. The Labute approximate surface area is 324 Å². The fourth-order valence-corrected chi connectivity index (χ4v) is 7.09. The van der Waals surface area contributed by atoms with Gasteiger partial charge in [-0.1, -0.05) is 185 Å². The van der Waals surface area contributed by atoms with Crippen LogP contribution in [0, 0.1) is 0 Å². The second-order valence-corrected chi connectivity index (χ2v) is 15.6. The van der Waals surface area contributed by atoms with E-state index in [9.17, 15) is 30.3 Å². The predicted molar refractivity (Wildman–Crippen MR) is 217 cm³/mol. The van der Waals surface area contributed by atoms with Crippen molar-refractivity contribution in [2.24, 2.45) is 0 Å². The zero-order valence-electron chi connectivity index (χ0n) is 34.0. The Bertz CT molecular complexity index is 883. The van der Waals surface area contributed by atoms with Crippen LogP contribution in [0.1, 0.15) is 194 Å². The molecule has 53 heavy (non-hydrogen) atoms. The fourth-order valence-electron chi connectivity index (χ4n) is 7.09. The van der Waals surface area contributed by atoms with E-state index in [2.05, 4.69) is 24.4 Å². The molecular weight excluding hydrogens is 670 g/mol. The molecule has 1 aliphatic rings. The number of aliphatic hydroxyl groups excluding tert-OH is 5. The second kappa shape index (κ2) is 35.1. The minimum atomic E-state index is -1.56. The van der Waals surface area contributed by atoms with Gasteiger partial charge in [0.25, 0.3) is 0 Å². The third-order valence-corrected chi connectivity index (χ3v) is 10.6. The van der Waals surface area contributed by atoms with Gasteiger partial charge in [0, 0.05) is 6.92 Å². The van der Waals surface area contributed by atoms with Crippen LogP contribution in [0.5, 0.6) is 0 Å². The first-order valence-electron chi connectivity index (χ1n) is 22.0. The van der Waals surface area contributed by atoms with Crippen LogP contribution in [0.2, 0.25) is 0 Å². The van der Waals surface area contributed by atoms with Gasteiger partial charge in [-0.3, -0.25) is 4.79 Å². The number of carbonyl (C=O) groups excluding carboxylic acids is 1. The van der Waals surface area contributed by atoms with E-state index in [1.165, 1.54) is 167 Å². The number of ether oxygens (including phenoxy) is 2. The van der Waals surface area contributed by atoms with Gasteiger partial charge in [0.15, 0.2) is 6.29 Å². The third kappa shape index (κ3) is 27.0. The largest absolute Gasteiger partial charge is 0.394 e. The van der Waals surface area contributed by atoms with Gasteiger partial charge < -0.3 is 40.3 Å². The Morgan fingerprint density at radius 2 is 1.04 bits per heavy atom. The molecule has 0 aromatic carbocycles. The molecule has 1 fully saturated rings. The molecule has 1 saturated heterocycles. The van der Waals surface area contributed by atoms with E-state index in [0.717, 1.165) is 19.3 Å². The summed E-state index contributed by atoms with van der Waals surface area (Å²) in [7, 11) is 0. The van der Waals surface area contributed by atoms with Gasteiger partial charge in [-0.25, -0.2) is 0 Å². The number of hydrogen-bond acceptors (Lipinski definition) is 8. The Morgan fingerprint density at radius 3 is 1.47 bits per heavy atom. The summed E-state index contributed by atoms with van der Waals surface area (Å²) in [6.07, 6.45) is 37.7. The maximum Gasteiger partial charge on any atom is 0.217 e. The minimum absolute atomic E-state index is 0.215. The lowest BCUT2D eigenvalue weighted by Crippen LogP contribution is -2.60. The van der Waals surface area contributed by atoms with Gasteiger partial charge in [0.2, 0.25) is 5.91 Å². The first-order valence-corrected chi connectivity index (χ1v) is 22.0. The van der Waals surface area contributed by atoms with Crippen LogP contribution in [-0.2, 0) is 14.3 Å². The Morgan fingerprint density at radius 1 is 0.623 bits per heavy atom. The zero-order valence-corrected chi connectivity index (χ0v) is 34.0. The molecular formula is C44H83NO8. The summed E-state index contributed by atoms with van der Waals surface area (Å²) >= 11 is 0. The van der Waals surface area contributed by atoms with E-state index in [-0.39, 0.29) is 12.5 Å². The highest BCUT2D eigenvalue weighted by molar-refractivity contribution is 5.73. The maximum atomic E-state index is 11.7. The normalized spacial score (nSPS) is 21.8. The molecule has 0 radical (unpaired) electrons. The van der Waals surface area contributed by atoms with E-state index >= 15 is 0 Å². The Kier molecular flexibility index (Phi) is 32.9. The van der Waals surface area contributed by atoms with Crippen molar-refractivity contribution < 1.29 is 39.8 Å². The molecule has 6 N–H and O–H groups in total. The number of unbranched alkanes of at least 4 members (excludes halogenated alkanes) is 26. The minimum Gasteiger partial charge on any atom is -0.394 e. The summed E-state index contributed by atoms with van der Waals surface area (Å²) in [6.45, 7) is 2.83. The standard InChI is InChI=1S/C44H83NO8/c1-3-4-5-6-7-8-9-10-11-12-13-14-15-16-17-18-19-20-21-22-23-24-25-26-27-28-29-30-31-32-33-34-39(48)38(45-37(2)47)36-52-44-43(51)42(50)41(49)40(35-46)53-44/h29-30,33-34,38-44,46,48-51H,3-28,31-32,35-36H2,1-2H3,(H,45,47)/b30-29+,34-33+. The number of carbonyl (C=O) groups is 1. The Hall–Kier alpha value is -1.33. The van der Waals surface area contributed by atoms with Crippen LogP contribution in [0.15, 0.2) is 24.3 Å². The summed E-state index contributed by atoms with van der Waals surface area (Å²) in [5.41, 5.74) is 0. The molecule has 0 aromatic heterocycles. The Balaban J connectivity index is 1.93. The van der Waals surface area contributed by atoms with Gasteiger partial charge >= 0.3 is 0 Å². The van der Waals surface area contributed by atoms with E-state index in [4.69, 9.17) is 9.47 Å². The van der Waals surface area contributed by atoms with E-state index in [1.54, 1.807) is 6.08 Å². The highest BCUT2D eigenvalue weighted by Crippen LogP contribution is 2.22. The molecule has 312 valence electrons. The summed E-state index contributed by atoms with van der Waals surface area (Å²) in [5, 5.41) is 52.6. The summed E-state index contributed by atoms with van der Waals surface area (Å²) in [4.78, 5) is 11.7. The predicted octanol–water partition coefficient (Wildman–Crippen LogP) is 8.72. The smallest absolute Gasteiger partial charge is 0.217 e. The van der Waals surface area contributed by atoms with Crippen LogP contribution in [0.4, 0.5) is 0 Å². The van der Waals surface area contributed by atoms with Gasteiger partial charge in [-0.2, -0.15) is 0 Å². The number of nitrogens with one attached hydrogen (secondary N) is 1. The van der Waals surface area contributed by atoms with Gasteiger partial charge in [0.05, 0.1) is 25.4 Å². The molecule has 9 heteroatoms. The molecule has 0 saturated carbocycles. The molecule has 7 atom stereocenters. The second-order valence-electron chi connectivity index (χ2n) is 15.6.